The standard InChI is InChI=1S/C14H7ClF3NO3S/c15-9-4-10(16)6-11(5-9)22-13-2-1-12(3-8(13)7-19)23(20,21)14(17)18/h1-6,14H. The van der Waals surface area contributed by atoms with Crippen molar-refractivity contribution < 1.29 is 26.3 Å². The third-order valence-electron chi connectivity index (χ3n) is 2.70. The van der Waals surface area contributed by atoms with Gasteiger partial charge in [-0.1, -0.05) is 11.6 Å². The number of nitriles is 1. The predicted octanol–water partition coefficient (Wildman–Crippen LogP) is 4.14. The highest BCUT2D eigenvalue weighted by atomic mass is 35.5. The van der Waals surface area contributed by atoms with Gasteiger partial charge in [0, 0.05) is 11.1 Å². The summed E-state index contributed by atoms with van der Waals surface area (Å²) in [6.45, 7) is 0. The van der Waals surface area contributed by atoms with E-state index in [1.54, 1.807) is 6.07 Å². The van der Waals surface area contributed by atoms with Gasteiger partial charge in [-0.2, -0.15) is 14.0 Å². The maximum absolute atomic E-state index is 13.2. The molecule has 0 N–H and O–H groups in total. The summed E-state index contributed by atoms with van der Waals surface area (Å²) in [5, 5.41) is 9.07. The quantitative estimate of drug-likeness (QED) is 0.820. The van der Waals surface area contributed by atoms with E-state index in [0.29, 0.717) is 0 Å². The van der Waals surface area contributed by atoms with Crippen LogP contribution in [0.3, 0.4) is 0 Å². The molecule has 0 saturated carbocycles. The minimum Gasteiger partial charge on any atom is -0.456 e. The monoisotopic (exact) mass is 361 g/mol. The van der Waals surface area contributed by atoms with Gasteiger partial charge in [-0.05, 0) is 30.3 Å². The summed E-state index contributed by atoms with van der Waals surface area (Å²) in [4.78, 5) is -0.714. The molecule has 0 spiro atoms. The molecule has 0 bridgehead atoms. The summed E-state index contributed by atoms with van der Waals surface area (Å²) in [6.07, 6.45) is 0. The molecule has 23 heavy (non-hydrogen) atoms. The zero-order valence-corrected chi connectivity index (χ0v) is 12.7. The van der Waals surface area contributed by atoms with E-state index in [1.807, 2.05) is 0 Å². The molecule has 0 saturated heterocycles. The second kappa shape index (κ2) is 6.48. The van der Waals surface area contributed by atoms with Gasteiger partial charge < -0.3 is 4.74 Å². The first-order valence-electron chi connectivity index (χ1n) is 5.94. The van der Waals surface area contributed by atoms with Gasteiger partial charge in [-0.3, -0.25) is 0 Å². The van der Waals surface area contributed by atoms with Crippen molar-refractivity contribution in [1.29, 1.82) is 5.26 Å². The first-order valence-corrected chi connectivity index (χ1v) is 7.86. The van der Waals surface area contributed by atoms with Crippen molar-refractivity contribution in [2.45, 2.75) is 10.7 Å². The molecule has 0 unspecified atom stereocenters. The van der Waals surface area contributed by atoms with E-state index in [4.69, 9.17) is 21.6 Å². The summed E-state index contributed by atoms with van der Waals surface area (Å²) in [5.41, 5.74) is -0.299. The van der Waals surface area contributed by atoms with E-state index in [1.165, 1.54) is 6.07 Å². The van der Waals surface area contributed by atoms with Crippen molar-refractivity contribution in [2.75, 3.05) is 0 Å². The molecule has 0 radical (unpaired) electrons. The molecule has 0 aromatic heterocycles. The number of sulfone groups is 1. The molecular weight excluding hydrogens is 355 g/mol. The van der Waals surface area contributed by atoms with Crippen molar-refractivity contribution in [1.82, 2.24) is 0 Å². The third kappa shape index (κ3) is 3.75. The van der Waals surface area contributed by atoms with Gasteiger partial charge in [0.05, 0.1) is 10.5 Å². The van der Waals surface area contributed by atoms with E-state index in [0.717, 1.165) is 30.3 Å². The van der Waals surface area contributed by atoms with Gasteiger partial charge in [-0.25, -0.2) is 12.8 Å². The lowest BCUT2D eigenvalue weighted by atomic mass is 10.2. The Balaban J connectivity index is 2.44. The molecule has 0 fully saturated rings. The minimum atomic E-state index is -4.83. The number of hydrogen-bond donors (Lipinski definition) is 0. The zero-order chi connectivity index (χ0) is 17.2. The van der Waals surface area contributed by atoms with Crippen LogP contribution in [0.5, 0.6) is 11.5 Å². The number of nitrogens with zero attached hydrogens (tertiary/aromatic N) is 1. The molecule has 9 heteroatoms. The SMILES string of the molecule is N#Cc1cc(S(=O)(=O)C(F)F)ccc1Oc1cc(F)cc(Cl)c1. The molecule has 120 valence electrons. The minimum absolute atomic E-state index is 0.0315. The summed E-state index contributed by atoms with van der Waals surface area (Å²) in [6, 6.07) is 7.61. The molecule has 0 aliphatic carbocycles. The second-order valence-corrected chi connectivity index (χ2v) is 6.64. The molecule has 0 aliphatic heterocycles. The third-order valence-corrected chi connectivity index (χ3v) is 4.30. The lowest BCUT2D eigenvalue weighted by Gasteiger charge is -2.10. The maximum atomic E-state index is 13.2. The van der Waals surface area contributed by atoms with Gasteiger partial charge in [0.2, 0.25) is 9.84 Å². The Morgan fingerprint density at radius 1 is 1.17 bits per heavy atom. The zero-order valence-electron chi connectivity index (χ0n) is 11.1. The van der Waals surface area contributed by atoms with Gasteiger partial charge in [0.15, 0.2) is 0 Å². The van der Waals surface area contributed by atoms with Crippen LogP contribution in [-0.4, -0.2) is 14.2 Å². The van der Waals surface area contributed by atoms with Crippen LogP contribution in [0.15, 0.2) is 41.3 Å². The van der Waals surface area contributed by atoms with Gasteiger partial charge in [0.1, 0.15) is 23.4 Å². The number of rotatable bonds is 4. The summed E-state index contributed by atoms with van der Waals surface area (Å²) in [7, 11) is -4.83. The Labute approximate surface area is 134 Å². The fourth-order valence-electron chi connectivity index (χ4n) is 1.68. The van der Waals surface area contributed by atoms with Crippen molar-refractivity contribution in [3.63, 3.8) is 0 Å². The van der Waals surface area contributed by atoms with Crippen molar-refractivity contribution in [3.05, 3.63) is 52.8 Å². The van der Waals surface area contributed by atoms with Crippen LogP contribution in [0.25, 0.3) is 0 Å². The van der Waals surface area contributed by atoms with E-state index in [2.05, 4.69) is 0 Å². The Morgan fingerprint density at radius 2 is 1.87 bits per heavy atom. The van der Waals surface area contributed by atoms with Crippen molar-refractivity contribution in [3.8, 4) is 17.6 Å². The van der Waals surface area contributed by atoms with Gasteiger partial charge in [-0.15, -0.1) is 0 Å². The average molecular weight is 362 g/mol. The Kier molecular flexibility index (Phi) is 4.82. The van der Waals surface area contributed by atoms with Gasteiger partial charge >= 0.3 is 5.76 Å². The number of halogens is 4. The van der Waals surface area contributed by atoms with E-state index < -0.39 is 26.3 Å². The fraction of sp³-hybridized carbons (Fsp3) is 0.0714. The fourth-order valence-corrected chi connectivity index (χ4v) is 2.64. The normalized spacial score (nSPS) is 11.3. The molecule has 2 aromatic carbocycles. The highest BCUT2D eigenvalue weighted by molar-refractivity contribution is 7.91. The van der Waals surface area contributed by atoms with Crippen molar-refractivity contribution >= 4 is 21.4 Å². The molecule has 2 rings (SSSR count). The lowest BCUT2D eigenvalue weighted by Crippen LogP contribution is -2.11. The summed E-state index contributed by atoms with van der Waals surface area (Å²) >= 11 is 5.66. The number of hydrogen-bond acceptors (Lipinski definition) is 4. The first-order chi connectivity index (χ1) is 10.7. The highest BCUT2D eigenvalue weighted by Gasteiger charge is 2.27. The van der Waals surface area contributed by atoms with Crippen molar-refractivity contribution in [2.24, 2.45) is 0 Å². The van der Waals surface area contributed by atoms with Crippen LogP contribution in [0, 0.1) is 17.1 Å². The molecule has 0 amide bonds. The molecule has 0 heterocycles. The summed E-state index contributed by atoms with van der Waals surface area (Å²) in [5.74, 6) is -4.44. The smallest absolute Gasteiger partial charge is 0.341 e. The average Bonchev–Trinajstić information content (AvgIpc) is 2.46. The Bertz CT molecular complexity index is 874. The maximum Gasteiger partial charge on any atom is 0.341 e. The lowest BCUT2D eigenvalue weighted by molar-refractivity contribution is 0.234. The molecule has 4 nitrogen and oxygen atoms in total. The van der Waals surface area contributed by atoms with Crippen LogP contribution >= 0.6 is 11.6 Å². The van der Waals surface area contributed by atoms with Gasteiger partial charge in [0.25, 0.3) is 0 Å². The molecule has 0 aliphatic rings. The first kappa shape index (κ1) is 17.1. The second-order valence-electron chi connectivity index (χ2n) is 4.28. The predicted molar refractivity (Wildman–Crippen MR) is 75.8 cm³/mol. The number of benzene rings is 2. The van der Waals surface area contributed by atoms with Crippen LogP contribution in [0.4, 0.5) is 13.2 Å². The van der Waals surface area contributed by atoms with E-state index >= 15 is 0 Å². The van der Waals surface area contributed by atoms with E-state index in [9.17, 15) is 21.6 Å². The summed E-state index contributed by atoms with van der Waals surface area (Å²) < 4.78 is 66.3. The topological polar surface area (TPSA) is 67.2 Å². The number of ether oxygens (including phenoxy) is 1. The molecule has 2 aromatic rings. The van der Waals surface area contributed by atoms with Crippen LogP contribution in [-0.2, 0) is 9.84 Å². The van der Waals surface area contributed by atoms with E-state index in [-0.39, 0.29) is 22.1 Å². The Hall–Kier alpha value is -2.24. The van der Waals surface area contributed by atoms with Crippen LogP contribution in [0.2, 0.25) is 5.02 Å². The number of alkyl halides is 2. The van der Waals surface area contributed by atoms with Crippen LogP contribution < -0.4 is 4.74 Å². The molecular formula is C14H7ClF3NO3S. The largest absolute Gasteiger partial charge is 0.456 e. The van der Waals surface area contributed by atoms with Crippen LogP contribution in [0.1, 0.15) is 5.56 Å². The molecule has 0 atom stereocenters. The highest BCUT2D eigenvalue weighted by Crippen LogP contribution is 2.30. The Morgan fingerprint density at radius 3 is 2.43 bits per heavy atom.